The Morgan fingerprint density at radius 3 is 2.50 bits per heavy atom. The number of allylic oxidation sites excluding steroid dienone is 1. The first-order valence-electron chi connectivity index (χ1n) is 5.28. The summed E-state index contributed by atoms with van der Waals surface area (Å²) in [7, 11) is 1.63. The Morgan fingerprint density at radius 2 is 2.14 bits per heavy atom. The van der Waals surface area contributed by atoms with Gasteiger partial charge in [0.05, 0.1) is 6.61 Å². The normalized spacial score (nSPS) is 33.4. The molecule has 1 aliphatic rings. The van der Waals surface area contributed by atoms with Gasteiger partial charge in [-0.2, -0.15) is 0 Å². The number of aliphatic hydroxyl groups is 1. The molecule has 2 unspecified atom stereocenters. The third kappa shape index (κ3) is 2.82. The van der Waals surface area contributed by atoms with E-state index in [0.29, 0.717) is 17.9 Å². The molecule has 0 saturated carbocycles. The summed E-state index contributed by atoms with van der Waals surface area (Å²) in [6.07, 6.45) is 5.90. The average molecular weight is 198 g/mol. The molecule has 82 valence electrons. The Bertz CT molecular complexity index is 215. The zero-order valence-electron chi connectivity index (χ0n) is 9.71. The molecule has 0 bridgehead atoms. The predicted molar refractivity (Wildman–Crippen MR) is 58.1 cm³/mol. The van der Waals surface area contributed by atoms with E-state index in [-0.39, 0.29) is 0 Å². The van der Waals surface area contributed by atoms with Gasteiger partial charge in [0, 0.05) is 7.11 Å². The Morgan fingerprint density at radius 1 is 1.50 bits per heavy atom. The molecule has 1 rings (SSSR count). The molecule has 0 spiro atoms. The molecule has 14 heavy (non-hydrogen) atoms. The van der Waals surface area contributed by atoms with E-state index in [2.05, 4.69) is 26.8 Å². The largest absolute Gasteiger partial charge is 0.383 e. The smallest absolute Gasteiger partial charge is 0.106 e. The van der Waals surface area contributed by atoms with Crippen LogP contribution in [0.4, 0.5) is 0 Å². The van der Waals surface area contributed by atoms with Crippen LogP contribution < -0.4 is 0 Å². The molecule has 2 nitrogen and oxygen atoms in total. The molecule has 0 aromatic heterocycles. The summed E-state index contributed by atoms with van der Waals surface area (Å²) in [5.41, 5.74) is -0.429. The first kappa shape index (κ1) is 11.7. The number of ether oxygens (including phenoxy) is 1. The lowest BCUT2D eigenvalue weighted by Gasteiger charge is -2.36. The van der Waals surface area contributed by atoms with Crippen molar-refractivity contribution in [3.63, 3.8) is 0 Å². The van der Waals surface area contributed by atoms with Crippen LogP contribution in [-0.2, 0) is 4.74 Å². The first-order valence-corrected chi connectivity index (χ1v) is 5.28. The van der Waals surface area contributed by atoms with E-state index in [9.17, 15) is 5.11 Å². The molecule has 0 amide bonds. The zero-order chi connectivity index (χ0) is 10.8. The quantitative estimate of drug-likeness (QED) is 0.690. The molecular formula is C12H22O2. The highest BCUT2D eigenvalue weighted by atomic mass is 16.5. The molecule has 2 heteroatoms. The van der Waals surface area contributed by atoms with Gasteiger partial charge in [0.1, 0.15) is 5.60 Å². The lowest BCUT2D eigenvalue weighted by Crippen LogP contribution is -2.36. The molecule has 0 saturated heterocycles. The van der Waals surface area contributed by atoms with Gasteiger partial charge in [-0.1, -0.05) is 32.9 Å². The van der Waals surface area contributed by atoms with Crippen LogP contribution in [0.25, 0.3) is 0 Å². The molecule has 0 aromatic carbocycles. The van der Waals surface area contributed by atoms with E-state index in [4.69, 9.17) is 4.74 Å². The highest BCUT2D eigenvalue weighted by Crippen LogP contribution is 2.36. The summed E-state index contributed by atoms with van der Waals surface area (Å²) >= 11 is 0. The van der Waals surface area contributed by atoms with Crippen molar-refractivity contribution in [3.8, 4) is 0 Å². The topological polar surface area (TPSA) is 29.5 Å². The molecular weight excluding hydrogens is 176 g/mol. The number of methoxy groups -OCH3 is 1. The van der Waals surface area contributed by atoms with Gasteiger partial charge in [0.2, 0.25) is 0 Å². The number of hydrogen-bond acceptors (Lipinski definition) is 2. The molecule has 2 atom stereocenters. The van der Waals surface area contributed by atoms with E-state index in [0.717, 1.165) is 12.8 Å². The van der Waals surface area contributed by atoms with Gasteiger partial charge >= 0.3 is 0 Å². The summed E-state index contributed by atoms with van der Waals surface area (Å²) < 4.78 is 5.00. The second-order valence-corrected chi connectivity index (χ2v) is 5.41. The summed E-state index contributed by atoms with van der Waals surface area (Å²) in [6.45, 7) is 7.12. The van der Waals surface area contributed by atoms with Gasteiger partial charge in [0.25, 0.3) is 0 Å². The third-order valence-corrected chi connectivity index (χ3v) is 3.03. The van der Waals surface area contributed by atoms with E-state index in [1.54, 1.807) is 7.11 Å². The average Bonchev–Trinajstić information content (AvgIpc) is 2.03. The Labute approximate surface area is 87.0 Å². The summed E-state index contributed by atoms with van der Waals surface area (Å²) in [6, 6.07) is 0. The van der Waals surface area contributed by atoms with Crippen LogP contribution in [0.1, 0.15) is 33.6 Å². The molecule has 0 heterocycles. The van der Waals surface area contributed by atoms with E-state index >= 15 is 0 Å². The van der Waals surface area contributed by atoms with Crippen molar-refractivity contribution in [3.05, 3.63) is 12.2 Å². The van der Waals surface area contributed by atoms with Crippen LogP contribution in [0, 0.1) is 11.3 Å². The van der Waals surface area contributed by atoms with Crippen molar-refractivity contribution in [2.75, 3.05) is 13.7 Å². The first-order chi connectivity index (χ1) is 6.37. The maximum absolute atomic E-state index is 10.0. The lowest BCUT2D eigenvalue weighted by atomic mass is 9.73. The number of rotatable bonds is 2. The molecule has 1 aliphatic carbocycles. The van der Waals surface area contributed by atoms with Crippen molar-refractivity contribution < 1.29 is 9.84 Å². The SMILES string of the molecule is COCC1(O)C=CC(C(C)(C)C)CC1. The van der Waals surface area contributed by atoms with Crippen LogP contribution in [0.15, 0.2) is 12.2 Å². The monoisotopic (exact) mass is 198 g/mol. The van der Waals surface area contributed by atoms with Gasteiger partial charge in [-0.3, -0.25) is 0 Å². The van der Waals surface area contributed by atoms with Gasteiger partial charge in [-0.25, -0.2) is 0 Å². The fourth-order valence-corrected chi connectivity index (χ4v) is 1.97. The van der Waals surface area contributed by atoms with E-state index in [1.807, 2.05) is 6.08 Å². The van der Waals surface area contributed by atoms with Crippen LogP contribution >= 0.6 is 0 Å². The highest BCUT2D eigenvalue weighted by molar-refractivity contribution is 5.09. The van der Waals surface area contributed by atoms with Crippen molar-refractivity contribution in [2.24, 2.45) is 11.3 Å². The van der Waals surface area contributed by atoms with E-state index in [1.165, 1.54) is 0 Å². The minimum atomic E-state index is -0.726. The summed E-state index contributed by atoms with van der Waals surface area (Å²) in [5, 5.41) is 10.0. The highest BCUT2D eigenvalue weighted by Gasteiger charge is 2.32. The van der Waals surface area contributed by atoms with Crippen LogP contribution in [0.3, 0.4) is 0 Å². The number of hydrogen-bond donors (Lipinski definition) is 1. The molecule has 1 N–H and O–H groups in total. The standard InChI is InChI=1S/C12H22O2/c1-11(2,3)10-5-7-12(13,8-6-10)9-14-4/h5,7,10,13H,6,8-9H2,1-4H3. The van der Waals surface area contributed by atoms with E-state index < -0.39 is 5.60 Å². The second-order valence-electron chi connectivity index (χ2n) is 5.41. The van der Waals surface area contributed by atoms with Crippen LogP contribution in [-0.4, -0.2) is 24.4 Å². The fraction of sp³-hybridized carbons (Fsp3) is 0.833. The van der Waals surface area contributed by atoms with Gasteiger partial charge in [-0.15, -0.1) is 0 Å². The van der Waals surface area contributed by atoms with Crippen molar-refractivity contribution in [2.45, 2.75) is 39.2 Å². The maximum atomic E-state index is 10.0. The lowest BCUT2D eigenvalue weighted by molar-refractivity contribution is -0.0115. The zero-order valence-corrected chi connectivity index (χ0v) is 9.71. The fourth-order valence-electron chi connectivity index (χ4n) is 1.97. The predicted octanol–water partition coefficient (Wildman–Crippen LogP) is 2.38. The van der Waals surface area contributed by atoms with Crippen LogP contribution in [0.2, 0.25) is 0 Å². The minimum Gasteiger partial charge on any atom is -0.383 e. The Balaban J connectivity index is 2.63. The van der Waals surface area contributed by atoms with Gasteiger partial charge in [-0.05, 0) is 24.2 Å². The van der Waals surface area contributed by atoms with Gasteiger partial charge < -0.3 is 9.84 Å². The van der Waals surface area contributed by atoms with Gasteiger partial charge in [0.15, 0.2) is 0 Å². The summed E-state index contributed by atoms with van der Waals surface area (Å²) in [4.78, 5) is 0. The van der Waals surface area contributed by atoms with Crippen molar-refractivity contribution in [1.29, 1.82) is 0 Å². The Kier molecular flexibility index (Phi) is 3.38. The summed E-state index contributed by atoms with van der Waals surface area (Å²) in [5.74, 6) is 0.569. The molecule has 0 aliphatic heterocycles. The van der Waals surface area contributed by atoms with Crippen LogP contribution in [0.5, 0.6) is 0 Å². The third-order valence-electron chi connectivity index (χ3n) is 3.03. The van der Waals surface area contributed by atoms with Crippen molar-refractivity contribution >= 4 is 0 Å². The maximum Gasteiger partial charge on any atom is 0.106 e. The minimum absolute atomic E-state index is 0.297. The Hall–Kier alpha value is -0.340. The molecule has 0 fully saturated rings. The second kappa shape index (κ2) is 4.03. The molecule has 0 radical (unpaired) electrons. The molecule has 0 aromatic rings. The van der Waals surface area contributed by atoms with Crippen molar-refractivity contribution in [1.82, 2.24) is 0 Å².